The molecule has 1 saturated heterocycles. The molecule has 0 aliphatic carbocycles. The van der Waals surface area contributed by atoms with E-state index in [1.807, 2.05) is 13.8 Å². The summed E-state index contributed by atoms with van der Waals surface area (Å²) in [5.41, 5.74) is 0. The van der Waals surface area contributed by atoms with Gasteiger partial charge in [-0.3, -0.25) is 4.89 Å². The Morgan fingerprint density at radius 3 is 2.93 bits per heavy atom. The van der Waals surface area contributed by atoms with Gasteiger partial charge in [-0.05, 0) is 18.8 Å². The monoisotopic (exact) mass is 216 g/mol. The molecule has 2 atom stereocenters. The number of hydrogen-bond donors (Lipinski definition) is 0. The van der Waals surface area contributed by atoms with Crippen molar-refractivity contribution >= 4 is 5.97 Å². The van der Waals surface area contributed by atoms with Gasteiger partial charge in [0.05, 0.1) is 6.42 Å². The molecule has 1 aliphatic rings. The van der Waals surface area contributed by atoms with E-state index in [2.05, 4.69) is 0 Å². The zero-order valence-electron chi connectivity index (χ0n) is 9.53. The first-order chi connectivity index (χ1) is 7.22. The van der Waals surface area contributed by atoms with Crippen LogP contribution in [0.3, 0.4) is 0 Å². The van der Waals surface area contributed by atoms with Gasteiger partial charge in [0.25, 0.3) is 0 Å². The number of carbonyl (C=O) groups is 1. The van der Waals surface area contributed by atoms with Crippen LogP contribution in [0.1, 0.15) is 46.0 Å². The molecular weight excluding hydrogens is 196 g/mol. The van der Waals surface area contributed by atoms with Gasteiger partial charge in [0, 0.05) is 13.0 Å². The molecule has 0 spiro atoms. The Balaban J connectivity index is 2.10. The minimum atomic E-state index is -0.361. The molecule has 15 heavy (non-hydrogen) atoms. The van der Waals surface area contributed by atoms with E-state index < -0.39 is 0 Å². The van der Waals surface area contributed by atoms with Crippen LogP contribution in [0.4, 0.5) is 0 Å². The maximum atomic E-state index is 11.3. The van der Waals surface area contributed by atoms with Crippen LogP contribution in [-0.4, -0.2) is 18.9 Å². The summed E-state index contributed by atoms with van der Waals surface area (Å²) in [5, 5.41) is 0. The van der Waals surface area contributed by atoms with Crippen molar-refractivity contribution in [2.75, 3.05) is 6.61 Å². The molecule has 1 fully saturated rings. The van der Waals surface area contributed by atoms with Gasteiger partial charge in [-0.2, -0.15) is 4.89 Å². The van der Waals surface area contributed by atoms with Gasteiger partial charge in [-0.15, -0.1) is 0 Å². The van der Waals surface area contributed by atoms with Gasteiger partial charge in [0.2, 0.25) is 6.29 Å². The van der Waals surface area contributed by atoms with Crippen LogP contribution >= 0.6 is 0 Å². The third-order valence-corrected chi connectivity index (χ3v) is 2.60. The molecule has 1 rings (SSSR count). The zero-order chi connectivity index (χ0) is 11.1. The van der Waals surface area contributed by atoms with Gasteiger partial charge in [-0.1, -0.05) is 20.3 Å². The van der Waals surface area contributed by atoms with Crippen LogP contribution in [0.25, 0.3) is 0 Å². The summed E-state index contributed by atoms with van der Waals surface area (Å²) in [5.74, 6) is 0.0342. The third-order valence-electron chi connectivity index (χ3n) is 2.60. The number of carbonyl (C=O) groups excluding carboxylic acids is 1. The lowest BCUT2D eigenvalue weighted by Crippen LogP contribution is -2.24. The highest BCUT2D eigenvalue weighted by Crippen LogP contribution is 2.15. The summed E-state index contributed by atoms with van der Waals surface area (Å²) in [6.45, 7) is 4.75. The Bertz CT molecular complexity index is 187. The van der Waals surface area contributed by atoms with Crippen LogP contribution in [-0.2, 0) is 19.3 Å². The predicted octanol–water partition coefficient (Wildman–Crippen LogP) is 2.42. The number of hydrogen-bond acceptors (Lipinski definition) is 4. The molecule has 0 amide bonds. The van der Waals surface area contributed by atoms with E-state index in [9.17, 15) is 4.79 Å². The van der Waals surface area contributed by atoms with Crippen LogP contribution in [0.5, 0.6) is 0 Å². The SMILES string of the molecule is CCC(C)CC(=O)OOC1CCCCO1. The van der Waals surface area contributed by atoms with Gasteiger partial charge < -0.3 is 4.74 Å². The molecule has 0 N–H and O–H groups in total. The maximum Gasteiger partial charge on any atom is 0.342 e. The fraction of sp³-hybridized carbons (Fsp3) is 0.909. The second kappa shape index (κ2) is 6.80. The Morgan fingerprint density at radius 2 is 2.33 bits per heavy atom. The normalized spacial score (nSPS) is 23.5. The Hall–Kier alpha value is -0.610. The number of ether oxygens (including phenoxy) is 1. The highest BCUT2D eigenvalue weighted by molar-refractivity contribution is 5.68. The summed E-state index contributed by atoms with van der Waals surface area (Å²) in [4.78, 5) is 20.9. The van der Waals surface area contributed by atoms with Gasteiger partial charge in [0.1, 0.15) is 0 Å². The largest absolute Gasteiger partial charge is 0.349 e. The predicted molar refractivity (Wildman–Crippen MR) is 54.8 cm³/mol. The molecule has 0 radical (unpaired) electrons. The first-order valence-corrected chi connectivity index (χ1v) is 5.70. The maximum absolute atomic E-state index is 11.3. The van der Waals surface area contributed by atoms with E-state index in [0.29, 0.717) is 18.9 Å². The van der Waals surface area contributed by atoms with Crippen LogP contribution in [0.2, 0.25) is 0 Å². The van der Waals surface area contributed by atoms with E-state index in [4.69, 9.17) is 14.5 Å². The second-order valence-electron chi connectivity index (χ2n) is 4.07. The van der Waals surface area contributed by atoms with Crippen molar-refractivity contribution < 1.29 is 19.3 Å². The Kier molecular flexibility index (Phi) is 5.65. The van der Waals surface area contributed by atoms with Crippen molar-refractivity contribution in [3.63, 3.8) is 0 Å². The van der Waals surface area contributed by atoms with Crippen molar-refractivity contribution in [3.05, 3.63) is 0 Å². The van der Waals surface area contributed by atoms with Crippen LogP contribution in [0, 0.1) is 5.92 Å². The topological polar surface area (TPSA) is 44.8 Å². The molecule has 2 unspecified atom stereocenters. The van der Waals surface area contributed by atoms with Gasteiger partial charge in [0.15, 0.2) is 0 Å². The molecule has 1 heterocycles. The van der Waals surface area contributed by atoms with E-state index >= 15 is 0 Å². The summed E-state index contributed by atoms with van der Waals surface area (Å²) < 4.78 is 5.26. The lowest BCUT2D eigenvalue weighted by atomic mass is 10.1. The Labute approximate surface area is 90.8 Å². The molecule has 88 valence electrons. The summed E-state index contributed by atoms with van der Waals surface area (Å²) in [6.07, 6.45) is 3.93. The molecule has 1 aliphatic heterocycles. The van der Waals surface area contributed by atoms with Gasteiger partial charge in [-0.25, -0.2) is 4.79 Å². The highest BCUT2D eigenvalue weighted by Gasteiger charge is 2.18. The van der Waals surface area contributed by atoms with Crippen molar-refractivity contribution in [1.29, 1.82) is 0 Å². The smallest absolute Gasteiger partial charge is 0.342 e. The standard InChI is InChI=1S/C11H20O4/c1-3-9(2)8-10(12)14-15-11-6-4-5-7-13-11/h9,11H,3-8H2,1-2H3. The first-order valence-electron chi connectivity index (χ1n) is 5.70. The van der Waals surface area contributed by atoms with Crippen molar-refractivity contribution in [2.45, 2.75) is 52.2 Å². The van der Waals surface area contributed by atoms with Crippen LogP contribution in [0.15, 0.2) is 0 Å². The molecule has 0 saturated carbocycles. The van der Waals surface area contributed by atoms with Gasteiger partial charge >= 0.3 is 5.97 Å². The minimum absolute atomic E-state index is 0.307. The lowest BCUT2D eigenvalue weighted by Gasteiger charge is -2.20. The fourth-order valence-corrected chi connectivity index (χ4v) is 1.36. The summed E-state index contributed by atoms with van der Waals surface area (Å²) in [6, 6.07) is 0. The van der Waals surface area contributed by atoms with E-state index in [1.54, 1.807) is 0 Å². The molecule has 0 aromatic carbocycles. The average Bonchev–Trinajstić information content (AvgIpc) is 2.27. The minimum Gasteiger partial charge on any atom is -0.349 e. The number of rotatable bonds is 5. The van der Waals surface area contributed by atoms with Crippen molar-refractivity contribution in [2.24, 2.45) is 5.92 Å². The molecular formula is C11H20O4. The van der Waals surface area contributed by atoms with Crippen LogP contribution < -0.4 is 0 Å². The molecule has 0 bridgehead atoms. The molecule has 0 aromatic rings. The summed E-state index contributed by atoms with van der Waals surface area (Å²) in [7, 11) is 0. The molecule has 4 heteroatoms. The zero-order valence-corrected chi connectivity index (χ0v) is 9.53. The van der Waals surface area contributed by atoms with E-state index in [0.717, 1.165) is 25.7 Å². The summed E-state index contributed by atoms with van der Waals surface area (Å²) >= 11 is 0. The lowest BCUT2D eigenvalue weighted by molar-refractivity contribution is -0.358. The fourth-order valence-electron chi connectivity index (χ4n) is 1.36. The van der Waals surface area contributed by atoms with E-state index in [1.165, 1.54) is 0 Å². The quantitative estimate of drug-likeness (QED) is 0.523. The molecule has 4 nitrogen and oxygen atoms in total. The Morgan fingerprint density at radius 1 is 1.53 bits per heavy atom. The van der Waals surface area contributed by atoms with Crippen molar-refractivity contribution in [1.82, 2.24) is 0 Å². The molecule has 0 aromatic heterocycles. The van der Waals surface area contributed by atoms with Crippen molar-refractivity contribution in [3.8, 4) is 0 Å². The third kappa shape index (κ3) is 5.14. The van der Waals surface area contributed by atoms with E-state index in [-0.39, 0.29) is 12.3 Å². The second-order valence-corrected chi connectivity index (χ2v) is 4.07. The first kappa shape index (κ1) is 12.5. The highest BCUT2D eigenvalue weighted by atomic mass is 17.2. The average molecular weight is 216 g/mol.